The monoisotopic (exact) mass is 287 g/mol. The van der Waals surface area contributed by atoms with Crippen molar-refractivity contribution < 1.29 is 14.4 Å². The number of nitro groups is 1. The maximum atomic E-state index is 13.1. The molecule has 0 saturated heterocycles. The Morgan fingerprint density at radius 3 is 2.81 bits per heavy atom. The van der Waals surface area contributed by atoms with E-state index in [1.165, 1.54) is 0 Å². The van der Waals surface area contributed by atoms with Crippen LogP contribution in [-0.2, 0) is 0 Å². The highest BCUT2D eigenvalue weighted by Gasteiger charge is 2.18. The molecule has 1 aromatic carbocycles. The number of hydrogen-bond acceptors (Lipinski definition) is 3. The van der Waals surface area contributed by atoms with E-state index in [9.17, 15) is 14.5 Å². The van der Waals surface area contributed by atoms with Crippen molar-refractivity contribution in [1.82, 2.24) is 0 Å². The third-order valence-corrected chi connectivity index (χ3v) is 2.09. The lowest BCUT2D eigenvalue weighted by Gasteiger charge is -1.98. The molecule has 0 heterocycles. The first kappa shape index (κ1) is 12.5. The van der Waals surface area contributed by atoms with Crippen molar-refractivity contribution in [1.29, 1.82) is 0 Å². The number of alkyl halides is 1. The number of benzene rings is 1. The quantitative estimate of drug-likeness (QED) is 0.394. The molecular formula is C10H7BrFNO3. The molecule has 0 aliphatic rings. The topological polar surface area (TPSA) is 63.4 Å². The molecule has 0 saturated carbocycles. The van der Waals surface area contributed by atoms with Crippen molar-refractivity contribution in [3.8, 4) is 17.6 Å². The molecule has 0 aromatic heterocycles. The fourth-order valence-electron chi connectivity index (χ4n) is 1.01. The largest absolute Gasteiger partial charge is 0.500 e. The molecule has 1 aromatic rings. The minimum Gasteiger partial charge on any atom is -0.500 e. The maximum absolute atomic E-state index is 13.1. The highest BCUT2D eigenvalue weighted by atomic mass is 79.9. The van der Waals surface area contributed by atoms with Crippen LogP contribution in [0.3, 0.4) is 0 Å². The van der Waals surface area contributed by atoms with Gasteiger partial charge in [0.1, 0.15) is 0 Å². The second-order valence-electron chi connectivity index (χ2n) is 2.82. The molecule has 0 bridgehead atoms. The zero-order valence-electron chi connectivity index (χ0n) is 8.04. The van der Waals surface area contributed by atoms with Crippen LogP contribution in [0, 0.1) is 27.8 Å². The Morgan fingerprint density at radius 1 is 1.56 bits per heavy atom. The first-order valence-electron chi connectivity index (χ1n) is 4.28. The Balaban J connectivity index is 3.15. The van der Waals surface area contributed by atoms with Gasteiger partial charge in [-0.25, -0.2) is 4.39 Å². The van der Waals surface area contributed by atoms with E-state index in [2.05, 4.69) is 27.8 Å². The zero-order chi connectivity index (χ0) is 12.1. The lowest BCUT2D eigenvalue weighted by molar-refractivity contribution is -0.386. The summed E-state index contributed by atoms with van der Waals surface area (Å²) in [5.41, 5.74) is -0.508. The van der Waals surface area contributed by atoms with Gasteiger partial charge in [0.05, 0.1) is 4.92 Å². The normalized spacial score (nSPS) is 9.38. The van der Waals surface area contributed by atoms with E-state index < -0.39 is 22.2 Å². The van der Waals surface area contributed by atoms with Crippen LogP contribution in [0.15, 0.2) is 12.1 Å². The Kier molecular flexibility index (Phi) is 4.26. The van der Waals surface area contributed by atoms with Gasteiger partial charge in [-0.15, -0.1) is 0 Å². The maximum Gasteiger partial charge on any atom is 0.315 e. The summed E-state index contributed by atoms with van der Waals surface area (Å²) in [5, 5.41) is 20.2. The molecule has 4 nitrogen and oxygen atoms in total. The van der Waals surface area contributed by atoms with E-state index in [0.29, 0.717) is 11.8 Å². The van der Waals surface area contributed by atoms with Gasteiger partial charge < -0.3 is 5.11 Å². The first-order valence-corrected chi connectivity index (χ1v) is 5.40. The molecule has 0 aliphatic heterocycles. The van der Waals surface area contributed by atoms with Gasteiger partial charge in [0, 0.05) is 23.4 Å². The van der Waals surface area contributed by atoms with Gasteiger partial charge in [-0.05, 0) is 6.07 Å². The van der Waals surface area contributed by atoms with Gasteiger partial charge in [-0.2, -0.15) is 0 Å². The van der Waals surface area contributed by atoms with E-state index in [-0.39, 0.29) is 5.56 Å². The molecule has 1 N–H and O–H groups in total. The lowest BCUT2D eigenvalue weighted by atomic mass is 10.2. The first-order chi connectivity index (χ1) is 7.56. The molecular weight excluding hydrogens is 281 g/mol. The summed E-state index contributed by atoms with van der Waals surface area (Å²) in [7, 11) is 0. The average Bonchev–Trinajstić information content (AvgIpc) is 2.23. The molecule has 0 atom stereocenters. The summed E-state index contributed by atoms with van der Waals surface area (Å²) in [6, 6.07) is 2.00. The third kappa shape index (κ3) is 2.94. The third-order valence-electron chi connectivity index (χ3n) is 1.69. The number of hydrogen-bond donors (Lipinski definition) is 1. The smallest absolute Gasteiger partial charge is 0.315 e. The molecule has 0 unspecified atom stereocenters. The second-order valence-corrected chi connectivity index (χ2v) is 3.62. The van der Waals surface area contributed by atoms with Crippen molar-refractivity contribution in [2.24, 2.45) is 0 Å². The van der Waals surface area contributed by atoms with Crippen LogP contribution in [0.25, 0.3) is 0 Å². The van der Waals surface area contributed by atoms with Gasteiger partial charge in [-0.1, -0.05) is 27.8 Å². The number of rotatable bonds is 2. The molecule has 0 spiro atoms. The van der Waals surface area contributed by atoms with E-state index in [1.54, 1.807) is 0 Å². The van der Waals surface area contributed by atoms with Crippen LogP contribution >= 0.6 is 15.9 Å². The SMILES string of the molecule is O=[N+]([O-])c1cc(C#CCCBr)cc(F)c1O. The van der Waals surface area contributed by atoms with Crippen molar-refractivity contribution >= 4 is 21.6 Å². The summed E-state index contributed by atoms with van der Waals surface area (Å²) < 4.78 is 13.1. The molecule has 84 valence electrons. The minimum absolute atomic E-state index is 0.169. The van der Waals surface area contributed by atoms with Crippen molar-refractivity contribution in [3.63, 3.8) is 0 Å². The van der Waals surface area contributed by atoms with Crippen LogP contribution in [0.1, 0.15) is 12.0 Å². The number of phenols is 1. The predicted octanol–water partition coefficient (Wildman–Crippen LogP) is 2.58. The summed E-state index contributed by atoms with van der Waals surface area (Å²) >= 11 is 3.16. The summed E-state index contributed by atoms with van der Waals surface area (Å²) in [6.07, 6.45) is 0.552. The second kappa shape index (κ2) is 5.47. The molecule has 0 fully saturated rings. The lowest BCUT2D eigenvalue weighted by Crippen LogP contribution is -1.92. The Labute approximate surface area is 99.4 Å². The van der Waals surface area contributed by atoms with Crippen LogP contribution in [-0.4, -0.2) is 15.4 Å². The molecule has 1 rings (SSSR count). The number of nitrogens with zero attached hydrogens (tertiary/aromatic N) is 1. The summed E-state index contributed by atoms with van der Waals surface area (Å²) in [6.45, 7) is 0. The fourth-order valence-corrected chi connectivity index (χ4v) is 1.21. The van der Waals surface area contributed by atoms with Gasteiger partial charge in [0.2, 0.25) is 5.75 Å². The molecule has 16 heavy (non-hydrogen) atoms. The van der Waals surface area contributed by atoms with Crippen LogP contribution in [0.2, 0.25) is 0 Å². The Hall–Kier alpha value is -1.61. The van der Waals surface area contributed by atoms with Crippen LogP contribution < -0.4 is 0 Å². The molecule has 0 amide bonds. The van der Waals surface area contributed by atoms with Gasteiger partial charge in [0.15, 0.2) is 5.82 Å². The fraction of sp³-hybridized carbons (Fsp3) is 0.200. The van der Waals surface area contributed by atoms with E-state index in [0.717, 1.165) is 12.1 Å². The van der Waals surface area contributed by atoms with Gasteiger partial charge in [-0.3, -0.25) is 10.1 Å². The predicted molar refractivity (Wildman–Crippen MR) is 60.0 cm³/mol. The highest BCUT2D eigenvalue weighted by molar-refractivity contribution is 9.09. The number of aromatic hydroxyl groups is 1. The number of phenolic OH excluding ortho intramolecular Hbond substituents is 1. The van der Waals surface area contributed by atoms with Crippen molar-refractivity contribution in [2.45, 2.75) is 6.42 Å². The van der Waals surface area contributed by atoms with Gasteiger partial charge >= 0.3 is 5.69 Å². The highest BCUT2D eigenvalue weighted by Crippen LogP contribution is 2.29. The Morgan fingerprint density at radius 2 is 2.25 bits per heavy atom. The Bertz CT molecular complexity index is 479. The zero-order valence-corrected chi connectivity index (χ0v) is 9.62. The molecule has 6 heteroatoms. The van der Waals surface area contributed by atoms with E-state index >= 15 is 0 Å². The number of nitro benzene ring substituents is 1. The molecule has 0 aliphatic carbocycles. The van der Waals surface area contributed by atoms with Crippen LogP contribution in [0.5, 0.6) is 5.75 Å². The standard InChI is InChI=1S/C10H7BrFNO3/c11-4-2-1-3-7-5-8(12)10(14)9(6-7)13(15)16/h5-6,14H,2,4H2. The molecule has 0 radical (unpaired) electrons. The summed E-state index contributed by atoms with van der Waals surface area (Å²) in [4.78, 5) is 9.63. The van der Waals surface area contributed by atoms with Crippen molar-refractivity contribution in [2.75, 3.05) is 5.33 Å². The summed E-state index contributed by atoms with van der Waals surface area (Å²) in [5.74, 6) is 3.26. The van der Waals surface area contributed by atoms with Crippen molar-refractivity contribution in [3.05, 3.63) is 33.6 Å². The minimum atomic E-state index is -1.04. The number of halogens is 2. The van der Waals surface area contributed by atoms with Gasteiger partial charge in [0.25, 0.3) is 0 Å². The van der Waals surface area contributed by atoms with Crippen LogP contribution in [0.4, 0.5) is 10.1 Å². The van der Waals surface area contributed by atoms with E-state index in [1.807, 2.05) is 0 Å². The average molecular weight is 288 g/mol. The van der Waals surface area contributed by atoms with E-state index in [4.69, 9.17) is 5.11 Å².